The molecule has 4 rings (SSSR count). The summed E-state index contributed by atoms with van der Waals surface area (Å²) in [6, 6.07) is 38.3. The number of benzene rings is 4. The smallest absolute Gasteiger partial charge is 0.202 e. The molecule has 0 aromatic heterocycles. The molecule has 0 bridgehead atoms. The second-order valence-corrected chi connectivity index (χ2v) is 10.1. The van der Waals surface area contributed by atoms with E-state index in [9.17, 15) is 4.39 Å². The Morgan fingerprint density at radius 1 is 0.571 bits per heavy atom. The van der Waals surface area contributed by atoms with Crippen LogP contribution in [-0.4, -0.2) is 7.05 Å². The molecular formula is C25H22FNP+. The van der Waals surface area contributed by atoms with Crippen molar-refractivity contribution in [1.82, 2.24) is 0 Å². The van der Waals surface area contributed by atoms with Gasteiger partial charge in [0.05, 0.1) is 5.69 Å². The van der Waals surface area contributed by atoms with Crippen molar-refractivity contribution in [3.8, 4) is 0 Å². The molecule has 0 aliphatic heterocycles. The zero-order chi connectivity index (χ0) is 19.4. The average Bonchev–Trinajstić information content (AvgIpc) is 2.76. The molecule has 0 spiro atoms. The fraction of sp³-hybridized carbons (Fsp3) is 0.0400. The van der Waals surface area contributed by atoms with E-state index < -0.39 is 7.41 Å². The summed E-state index contributed by atoms with van der Waals surface area (Å²) in [4.78, 5) is 0. The van der Waals surface area contributed by atoms with E-state index in [-0.39, 0.29) is 5.82 Å². The van der Waals surface area contributed by atoms with Gasteiger partial charge in [-0.2, -0.15) is 0 Å². The lowest BCUT2D eigenvalue weighted by molar-refractivity contribution is 0.629. The van der Waals surface area contributed by atoms with Crippen LogP contribution in [0.15, 0.2) is 115 Å². The van der Waals surface area contributed by atoms with Gasteiger partial charge in [-0.15, -0.1) is 0 Å². The van der Waals surface area contributed by atoms with E-state index >= 15 is 0 Å². The Balaban J connectivity index is 2.09. The fourth-order valence-electron chi connectivity index (χ4n) is 3.75. The molecule has 0 aliphatic rings. The van der Waals surface area contributed by atoms with Crippen LogP contribution in [0.2, 0.25) is 0 Å². The molecule has 4 aromatic rings. The highest BCUT2D eigenvalue weighted by atomic mass is 31.2. The van der Waals surface area contributed by atoms with Crippen LogP contribution in [0.25, 0.3) is 0 Å². The molecule has 0 unspecified atom stereocenters. The normalized spacial score (nSPS) is 11.2. The van der Waals surface area contributed by atoms with E-state index in [1.807, 2.05) is 36.4 Å². The summed E-state index contributed by atoms with van der Waals surface area (Å²) in [5.74, 6) is -0.213. The third-order valence-corrected chi connectivity index (χ3v) is 9.27. The van der Waals surface area contributed by atoms with Crippen molar-refractivity contribution in [1.29, 1.82) is 0 Å². The van der Waals surface area contributed by atoms with Crippen molar-refractivity contribution in [2.45, 2.75) is 0 Å². The lowest BCUT2D eigenvalue weighted by Gasteiger charge is -2.35. The van der Waals surface area contributed by atoms with Crippen LogP contribution in [0.1, 0.15) is 0 Å². The number of halogens is 1. The summed E-state index contributed by atoms with van der Waals surface area (Å²) in [5, 5.41) is 3.38. The van der Waals surface area contributed by atoms with Gasteiger partial charge in [-0.3, -0.25) is 0 Å². The second-order valence-electron chi connectivity index (χ2n) is 6.65. The van der Waals surface area contributed by atoms with E-state index in [1.54, 1.807) is 6.07 Å². The summed E-state index contributed by atoms with van der Waals surface area (Å²) in [7, 11) is -0.181. The van der Waals surface area contributed by atoms with Crippen molar-refractivity contribution >= 4 is 29.0 Å². The van der Waals surface area contributed by atoms with E-state index in [0.717, 1.165) is 11.0 Å². The summed E-state index contributed by atoms with van der Waals surface area (Å²) in [6.45, 7) is 0. The predicted octanol–water partition coefficient (Wildman–Crippen LogP) is 5.17. The lowest BCUT2D eigenvalue weighted by Crippen LogP contribution is -2.42. The van der Waals surface area contributed by atoms with Crippen LogP contribution in [0, 0.1) is 5.82 Å². The van der Waals surface area contributed by atoms with Gasteiger partial charge in [0.1, 0.15) is 21.7 Å². The topological polar surface area (TPSA) is 3.24 Å². The van der Waals surface area contributed by atoms with Gasteiger partial charge in [-0.05, 0) is 48.5 Å². The summed E-state index contributed by atoms with van der Waals surface area (Å²) in [5.41, 5.74) is 1.10. The number of anilines is 1. The summed E-state index contributed by atoms with van der Waals surface area (Å²) < 4.78 is 16.7. The highest BCUT2D eigenvalue weighted by Gasteiger charge is 2.50. The Bertz CT molecular complexity index is 996. The van der Waals surface area contributed by atoms with Crippen LogP contribution >= 0.6 is 7.41 Å². The monoisotopic (exact) mass is 386 g/mol. The maximum Gasteiger partial charge on any atom is 0.202 e. The van der Waals surface area contributed by atoms with E-state index in [4.69, 9.17) is 0 Å². The highest BCUT2D eigenvalue weighted by molar-refractivity contribution is 7.96. The molecule has 0 saturated heterocycles. The first kappa shape index (κ1) is 18.4. The molecular weight excluding hydrogens is 364 g/mol. The van der Waals surface area contributed by atoms with Gasteiger partial charge in [0.25, 0.3) is 0 Å². The third-order valence-electron chi connectivity index (χ3n) is 5.02. The maximum atomic E-state index is 14.4. The molecule has 1 nitrogen and oxygen atoms in total. The average molecular weight is 386 g/mol. The molecule has 3 heteroatoms. The molecule has 0 aliphatic carbocycles. The second kappa shape index (κ2) is 7.96. The molecule has 4 aromatic carbocycles. The third kappa shape index (κ3) is 3.21. The van der Waals surface area contributed by atoms with Crippen LogP contribution in [0.3, 0.4) is 0 Å². The SMILES string of the molecule is CN(c1ccccc1)[P+](c1ccccc1)(c1ccccc1)c1cccc(F)c1. The molecule has 28 heavy (non-hydrogen) atoms. The Kier molecular flexibility index (Phi) is 5.23. The Labute approximate surface area is 166 Å². The number of hydrogen-bond acceptors (Lipinski definition) is 1. The van der Waals surface area contributed by atoms with Gasteiger partial charge < -0.3 is 0 Å². The zero-order valence-electron chi connectivity index (χ0n) is 15.7. The Morgan fingerprint density at radius 3 is 1.54 bits per heavy atom. The number of para-hydroxylation sites is 1. The minimum Gasteiger partial charge on any atom is -0.237 e. The minimum atomic E-state index is -2.30. The van der Waals surface area contributed by atoms with E-state index in [1.165, 1.54) is 16.7 Å². The first-order chi connectivity index (χ1) is 13.7. The molecule has 0 saturated carbocycles. The van der Waals surface area contributed by atoms with E-state index in [0.29, 0.717) is 0 Å². The Hall–Kier alpha value is -2.96. The van der Waals surface area contributed by atoms with Crippen molar-refractivity contribution in [3.05, 3.63) is 121 Å². The molecule has 0 radical (unpaired) electrons. The lowest BCUT2D eigenvalue weighted by atomic mass is 10.3. The molecule has 0 fully saturated rings. The molecule has 0 heterocycles. The zero-order valence-corrected chi connectivity index (χ0v) is 16.6. The largest absolute Gasteiger partial charge is 0.237 e. The fourth-order valence-corrected chi connectivity index (χ4v) is 7.98. The maximum absolute atomic E-state index is 14.4. The van der Waals surface area contributed by atoms with Crippen LogP contribution in [0.5, 0.6) is 0 Å². The standard InChI is InChI=1S/C25H22FNP/c1-27(22-13-5-2-6-14-22)28(23-15-7-3-8-16-23,24-17-9-4-10-18-24)25-19-11-12-21(26)20-25/h2-20H,1H3/q+1. The summed E-state index contributed by atoms with van der Waals surface area (Å²) in [6.07, 6.45) is 0. The van der Waals surface area contributed by atoms with Crippen molar-refractivity contribution in [3.63, 3.8) is 0 Å². The number of hydrogen-bond donors (Lipinski definition) is 0. The quantitative estimate of drug-likeness (QED) is 0.428. The van der Waals surface area contributed by atoms with E-state index in [2.05, 4.69) is 78.4 Å². The Morgan fingerprint density at radius 2 is 1.04 bits per heavy atom. The highest BCUT2D eigenvalue weighted by Crippen LogP contribution is 2.59. The van der Waals surface area contributed by atoms with Gasteiger partial charge in [-0.25, -0.2) is 9.06 Å². The van der Waals surface area contributed by atoms with Gasteiger partial charge in [0, 0.05) is 13.1 Å². The number of rotatable bonds is 5. The molecule has 138 valence electrons. The van der Waals surface area contributed by atoms with Gasteiger partial charge >= 0.3 is 0 Å². The van der Waals surface area contributed by atoms with Crippen molar-refractivity contribution in [2.75, 3.05) is 11.7 Å². The predicted molar refractivity (Wildman–Crippen MR) is 120 cm³/mol. The van der Waals surface area contributed by atoms with Crippen LogP contribution in [-0.2, 0) is 0 Å². The first-order valence-electron chi connectivity index (χ1n) is 9.28. The molecule has 0 amide bonds. The van der Waals surface area contributed by atoms with Crippen LogP contribution < -0.4 is 20.6 Å². The van der Waals surface area contributed by atoms with Gasteiger partial charge in [0.2, 0.25) is 7.41 Å². The summed E-state index contributed by atoms with van der Waals surface area (Å²) >= 11 is 0. The number of nitrogens with zero attached hydrogens (tertiary/aromatic N) is 1. The molecule has 0 atom stereocenters. The van der Waals surface area contributed by atoms with Crippen LogP contribution in [0.4, 0.5) is 10.1 Å². The van der Waals surface area contributed by atoms with Crippen molar-refractivity contribution in [2.24, 2.45) is 0 Å². The van der Waals surface area contributed by atoms with Gasteiger partial charge in [-0.1, -0.05) is 60.7 Å². The molecule has 0 N–H and O–H groups in total. The van der Waals surface area contributed by atoms with Gasteiger partial charge in [0.15, 0.2) is 0 Å². The minimum absolute atomic E-state index is 0.213. The van der Waals surface area contributed by atoms with Crippen molar-refractivity contribution < 1.29 is 4.39 Å². The first-order valence-corrected chi connectivity index (χ1v) is 11.0.